The maximum absolute atomic E-state index is 3.47. The minimum Gasteiger partial charge on any atom is -0.316 e. The van der Waals surface area contributed by atoms with Gasteiger partial charge in [-0.2, -0.15) is 0 Å². The zero-order valence-corrected chi connectivity index (χ0v) is 8.14. The predicted octanol–water partition coefficient (Wildman–Crippen LogP) is 2.20. The van der Waals surface area contributed by atoms with E-state index in [-0.39, 0.29) is 0 Å². The smallest absolute Gasteiger partial charge is 0.00174 e. The Labute approximate surface area is 75.2 Å². The van der Waals surface area contributed by atoms with E-state index in [1.807, 2.05) is 0 Å². The zero-order chi connectivity index (χ0) is 8.55. The van der Waals surface area contributed by atoms with E-state index in [4.69, 9.17) is 0 Å². The van der Waals surface area contributed by atoms with Crippen LogP contribution in [0.15, 0.2) is 11.6 Å². The van der Waals surface area contributed by atoms with Gasteiger partial charge in [-0.05, 0) is 57.5 Å². The monoisotopic (exact) mass is 165 g/mol. The van der Waals surface area contributed by atoms with Gasteiger partial charge in [0.05, 0.1) is 0 Å². The summed E-state index contributed by atoms with van der Waals surface area (Å²) in [4.78, 5) is 0. The first-order valence-corrected chi connectivity index (χ1v) is 5.13. The molecular formula is C11H19N. The fraction of sp³-hybridized carbons (Fsp3) is 0.818. The van der Waals surface area contributed by atoms with E-state index in [0.717, 1.165) is 17.8 Å². The molecule has 0 aromatic rings. The number of piperidine rings is 1. The zero-order valence-electron chi connectivity index (χ0n) is 8.14. The third-order valence-electron chi connectivity index (χ3n) is 3.34. The lowest BCUT2D eigenvalue weighted by atomic mass is 9.61. The third kappa shape index (κ3) is 1.42. The Morgan fingerprint density at radius 3 is 2.92 bits per heavy atom. The van der Waals surface area contributed by atoms with Crippen molar-refractivity contribution in [2.75, 3.05) is 13.1 Å². The van der Waals surface area contributed by atoms with E-state index in [0.29, 0.717) is 0 Å². The van der Waals surface area contributed by atoms with Crippen LogP contribution >= 0.6 is 0 Å². The summed E-state index contributed by atoms with van der Waals surface area (Å²) in [6, 6.07) is 0. The lowest BCUT2D eigenvalue weighted by molar-refractivity contribution is 0.0727. The fourth-order valence-electron chi connectivity index (χ4n) is 2.71. The average Bonchev–Trinajstić information content (AvgIpc) is 2.00. The number of rotatable bonds is 1. The summed E-state index contributed by atoms with van der Waals surface area (Å²) >= 11 is 0. The summed E-state index contributed by atoms with van der Waals surface area (Å²) in [6.45, 7) is 6.95. The topological polar surface area (TPSA) is 12.0 Å². The summed E-state index contributed by atoms with van der Waals surface area (Å²) < 4.78 is 0. The van der Waals surface area contributed by atoms with Crippen LogP contribution in [0.4, 0.5) is 0 Å². The van der Waals surface area contributed by atoms with E-state index in [2.05, 4.69) is 25.2 Å². The van der Waals surface area contributed by atoms with Gasteiger partial charge in [-0.1, -0.05) is 11.6 Å². The maximum atomic E-state index is 3.47. The highest BCUT2D eigenvalue weighted by molar-refractivity contribution is 5.07. The molecule has 1 heteroatoms. The normalized spacial score (nSPS) is 39.7. The summed E-state index contributed by atoms with van der Waals surface area (Å²) in [7, 11) is 0. The molecule has 2 fully saturated rings. The van der Waals surface area contributed by atoms with Gasteiger partial charge in [0.15, 0.2) is 0 Å². The van der Waals surface area contributed by atoms with Crippen molar-refractivity contribution in [1.29, 1.82) is 0 Å². The molecule has 0 radical (unpaired) electrons. The fourth-order valence-corrected chi connectivity index (χ4v) is 2.71. The second-order valence-corrected chi connectivity index (χ2v) is 4.56. The molecule has 1 aliphatic heterocycles. The van der Waals surface area contributed by atoms with Crippen molar-refractivity contribution in [3.05, 3.63) is 11.6 Å². The van der Waals surface area contributed by atoms with Crippen LogP contribution in [0.3, 0.4) is 0 Å². The molecule has 68 valence electrons. The highest BCUT2D eigenvalue weighted by Crippen LogP contribution is 2.44. The van der Waals surface area contributed by atoms with Gasteiger partial charge in [-0.15, -0.1) is 0 Å². The van der Waals surface area contributed by atoms with Gasteiger partial charge < -0.3 is 5.32 Å². The third-order valence-corrected chi connectivity index (χ3v) is 3.34. The van der Waals surface area contributed by atoms with Crippen molar-refractivity contribution in [3.63, 3.8) is 0 Å². The molecular weight excluding hydrogens is 146 g/mol. The van der Waals surface area contributed by atoms with Gasteiger partial charge in [0, 0.05) is 0 Å². The first-order valence-electron chi connectivity index (χ1n) is 5.13. The molecule has 1 nitrogen and oxygen atoms in total. The molecule has 1 saturated carbocycles. The second kappa shape index (κ2) is 3.21. The summed E-state index contributed by atoms with van der Waals surface area (Å²) in [5, 5.41) is 3.47. The molecule has 0 bridgehead atoms. The Morgan fingerprint density at radius 2 is 2.25 bits per heavy atom. The lowest BCUT2D eigenvalue weighted by Crippen LogP contribution is -2.47. The first-order chi connectivity index (χ1) is 5.77. The molecule has 3 atom stereocenters. The minimum absolute atomic E-state index is 0.919. The molecule has 2 aliphatic rings. The standard InChI is InChI=1S/C11H19N/c1-8(2)5-9-6-10-7-12-4-3-11(9)10/h5,9-12H,3-4,6-7H2,1-2H3. The molecule has 2 rings (SSSR count). The average molecular weight is 165 g/mol. The van der Waals surface area contributed by atoms with E-state index in [1.54, 1.807) is 0 Å². The molecule has 1 heterocycles. The van der Waals surface area contributed by atoms with Crippen LogP contribution in [0, 0.1) is 17.8 Å². The van der Waals surface area contributed by atoms with E-state index in [9.17, 15) is 0 Å². The Hall–Kier alpha value is -0.300. The Bertz CT molecular complexity index is 191. The number of hydrogen-bond donors (Lipinski definition) is 1. The van der Waals surface area contributed by atoms with Crippen molar-refractivity contribution in [1.82, 2.24) is 5.32 Å². The Morgan fingerprint density at radius 1 is 1.42 bits per heavy atom. The van der Waals surface area contributed by atoms with Crippen LogP contribution in [-0.2, 0) is 0 Å². The molecule has 0 aromatic heterocycles. The van der Waals surface area contributed by atoms with Crippen LogP contribution in [0.2, 0.25) is 0 Å². The van der Waals surface area contributed by atoms with Crippen molar-refractivity contribution < 1.29 is 0 Å². The molecule has 0 amide bonds. The largest absolute Gasteiger partial charge is 0.316 e. The predicted molar refractivity (Wildman–Crippen MR) is 52.0 cm³/mol. The van der Waals surface area contributed by atoms with Crippen LogP contribution in [-0.4, -0.2) is 13.1 Å². The van der Waals surface area contributed by atoms with Crippen LogP contribution < -0.4 is 5.32 Å². The van der Waals surface area contributed by atoms with Gasteiger partial charge in [-0.25, -0.2) is 0 Å². The van der Waals surface area contributed by atoms with Gasteiger partial charge in [0.1, 0.15) is 0 Å². The second-order valence-electron chi connectivity index (χ2n) is 4.56. The van der Waals surface area contributed by atoms with E-state index >= 15 is 0 Å². The van der Waals surface area contributed by atoms with Gasteiger partial charge in [-0.3, -0.25) is 0 Å². The van der Waals surface area contributed by atoms with E-state index < -0.39 is 0 Å². The van der Waals surface area contributed by atoms with Gasteiger partial charge in [0.25, 0.3) is 0 Å². The molecule has 1 aliphatic carbocycles. The van der Waals surface area contributed by atoms with Crippen molar-refractivity contribution in [2.45, 2.75) is 26.7 Å². The quantitative estimate of drug-likeness (QED) is 0.587. The lowest BCUT2D eigenvalue weighted by Gasteiger charge is -2.47. The van der Waals surface area contributed by atoms with E-state index in [1.165, 1.54) is 31.5 Å². The van der Waals surface area contributed by atoms with Crippen LogP contribution in [0.5, 0.6) is 0 Å². The van der Waals surface area contributed by atoms with Crippen LogP contribution in [0.25, 0.3) is 0 Å². The SMILES string of the molecule is CC(C)=CC1CC2CNCCC12. The molecule has 0 aromatic carbocycles. The molecule has 12 heavy (non-hydrogen) atoms. The van der Waals surface area contributed by atoms with Gasteiger partial charge in [0.2, 0.25) is 0 Å². The van der Waals surface area contributed by atoms with Crippen molar-refractivity contribution in [2.24, 2.45) is 17.8 Å². The number of nitrogens with one attached hydrogen (secondary N) is 1. The van der Waals surface area contributed by atoms with Crippen LogP contribution in [0.1, 0.15) is 26.7 Å². The highest BCUT2D eigenvalue weighted by Gasteiger charge is 2.40. The molecule has 1 N–H and O–H groups in total. The minimum atomic E-state index is 0.919. The number of fused-ring (bicyclic) bond motifs is 1. The van der Waals surface area contributed by atoms with Crippen molar-refractivity contribution >= 4 is 0 Å². The number of allylic oxidation sites excluding steroid dienone is 2. The summed E-state index contributed by atoms with van der Waals surface area (Å²) in [5.41, 5.74) is 1.50. The Kier molecular flexibility index (Phi) is 2.22. The maximum Gasteiger partial charge on any atom is -0.00174 e. The molecule has 0 spiro atoms. The van der Waals surface area contributed by atoms with Crippen molar-refractivity contribution in [3.8, 4) is 0 Å². The van der Waals surface area contributed by atoms with Gasteiger partial charge >= 0.3 is 0 Å². The number of hydrogen-bond acceptors (Lipinski definition) is 1. The molecule has 1 saturated heterocycles. The summed E-state index contributed by atoms with van der Waals surface area (Å²) in [6.07, 6.45) is 5.31. The highest BCUT2D eigenvalue weighted by atomic mass is 14.9. The first kappa shape index (κ1) is 8.31. The summed E-state index contributed by atoms with van der Waals surface area (Å²) in [5.74, 6) is 2.93. The Balaban J connectivity index is 1.93. The molecule has 3 unspecified atom stereocenters.